The average Bonchev–Trinajstić information content (AvgIpc) is 2.67. The molecule has 0 aliphatic carbocycles. The molecular formula is C20H26N4O2Si. The van der Waals surface area contributed by atoms with Crippen molar-refractivity contribution in [3.05, 3.63) is 42.6 Å². The molecule has 142 valence electrons. The molecule has 2 aliphatic heterocycles. The molecule has 1 aromatic carbocycles. The molecule has 0 radical (unpaired) electrons. The number of fused-ring (bicyclic) bond motifs is 1. The first-order chi connectivity index (χ1) is 12.9. The van der Waals surface area contributed by atoms with Crippen LogP contribution in [-0.2, 0) is 0 Å². The van der Waals surface area contributed by atoms with Crippen molar-refractivity contribution in [3.63, 3.8) is 0 Å². The van der Waals surface area contributed by atoms with Crippen molar-refractivity contribution >= 4 is 37.0 Å². The highest BCUT2D eigenvalue weighted by Gasteiger charge is 2.29. The van der Waals surface area contributed by atoms with Crippen molar-refractivity contribution in [2.75, 3.05) is 40.9 Å². The van der Waals surface area contributed by atoms with Gasteiger partial charge in [0.15, 0.2) is 0 Å². The number of benzene rings is 1. The van der Waals surface area contributed by atoms with Gasteiger partial charge in [-0.3, -0.25) is 4.90 Å². The molecule has 1 saturated heterocycles. The second-order valence-corrected chi connectivity index (χ2v) is 13.4. The van der Waals surface area contributed by atoms with Crippen LogP contribution in [-0.4, -0.2) is 50.4 Å². The van der Waals surface area contributed by atoms with Gasteiger partial charge in [-0.15, -0.1) is 0 Å². The smallest absolute Gasteiger partial charge is 0.411 e. The summed E-state index contributed by atoms with van der Waals surface area (Å²) in [6.07, 6.45) is 1.04. The summed E-state index contributed by atoms with van der Waals surface area (Å²) in [7, 11) is -0.981. The lowest BCUT2D eigenvalue weighted by atomic mass is 10.1. The van der Waals surface area contributed by atoms with E-state index in [1.165, 1.54) is 22.7 Å². The van der Waals surface area contributed by atoms with E-state index in [1.54, 1.807) is 0 Å². The summed E-state index contributed by atoms with van der Waals surface area (Å²) < 4.78 is 0. The first-order valence-corrected chi connectivity index (χ1v) is 12.9. The molecule has 1 aromatic heterocycles. The molecule has 2 aliphatic rings. The maximum absolute atomic E-state index is 11.5. The molecule has 6 nitrogen and oxygen atoms in total. The Balaban J connectivity index is 1.56. The number of rotatable bonds is 2. The van der Waals surface area contributed by atoms with Crippen LogP contribution in [0.2, 0.25) is 25.2 Å². The predicted octanol–water partition coefficient (Wildman–Crippen LogP) is 4.25. The fourth-order valence-corrected chi connectivity index (χ4v) is 5.89. The van der Waals surface area contributed by atoms with Crippen LogP contribution in [0.3, 0.4) is 0 Å². The van der Waals surface area contributed by atoms with Gasteiger partial charge in [-0.05, 0) is 36.4 Å². The van der Waals surface area contributed by atoms with Gasteiger partial charge in [0.25, 0.3) is 0 Å². The Labute approximate surface area is 161 Å². The number of pyridine rings is 1. The zero-order valence-corrected chi connectivity index (χ0v) is 16.9. The fraction of sp³-hybridized carbons (Fsp3) is 0.400. The van der Waals surface area contributed by atoms with Gasteiger partial charge in [0.2, 0.25) is 0 Å². The van der Waals surface area contributed by atoms with Crippen molar-refractivity contribution in [1.82, 2.24) is 4.98 Å². The summed E-state index contributed by atoms with van der Waals surface area (Å²) >= 11 is 0. The standard InChI is InChI=1S/C20H26N4O2Si/c1-27(2)13-11-22(12-14-27)16-7-8-19(21-15-16)23-9-10-24(20(25)26)18-6-4-3-5-17(18)23/h3-8,15H,9-14H2,1-2H3,(H,25,26). The van der Waals surface area contributed by atoms with E-state index >= 15 is 0 Å². The molecule has 0 atom stereocenters. The Bertz CT molecular complexity index is 830. The fourth-order valence-electron chi connectivity index (χ4n) is 3.89. The van der Waals surface area contributed by atoms with Crippen LogP contribution in [0.15, 0.2) is 42.6 Å². The highest BCUT2D eigenvalue weighted by molar-refractivity contribution is 6.77. The van der Waals surface area contributed by atoms with Crippen LogP contribution in [0.25, 0.3) is 0 Å². The third kappa shape index (κ3) is 3.51. The van der Waals surface area contributed by atoms with Gasteiger partial charge in [-0.2, -0.15) is 0 Å². The summed E-state index contributed by atoms with van der Waals surface area (Å²) in [5.74, 6) is 0.864. The van der Waals surface area contributed by atoms with Gasteiger partial charge < -0.3 is 14.9 Å². The summed E-state index contributed by atoms with van der Waals surface area (Å²) in [5.41, 5.74) is 2.78. The van der Waals surface area contributed by atoms with Crippen molar-refractivity contribution in [3.8, 4) is 0 Å². The van der Waals surface area contributed by atoms with Crippen molar-refractivity contribution in [2.45, 2.75) is 25.2 Å². The quantitative estimate of drug-likeness (QED) is 0.787. The SMILES string of the molecule is C[Si]1(C)CCN(c2ccc(N3CCN(C(=O)O)c4ccccc43)nc2)CC1. The van der Waals surface area contributed by atoms with Gasteiger partial charge in [0, 0.05) is 26.2 Å². The van der Waals surface area contributed by atoms with Crippen molar-refractivity contribution in [1.29, 1.82) is 0 Å². The Kier molecular flexibility index (Phi) is 4.55. The van der Waals surface area contributed by atoms with Gasteiger partial charge in [-0.1, -0.05) is 25.2 Å². The van der Waals surface area contributed by atoms with E-state index in [1.807, 2.05) is 30.5 Å². The predicted molar refractivity (Wildman–Crippen MR) is 112 cm³/mol. The minimum atomic E-state index is -0.981. The largest absolute Gasteiger partial charge is 0.465 e. The van der Waals surface area contributed by atoms with Crippen LogP contribution in [0.4, 0.5) is 27.7 Å². The van der Waals surface area contributed by atoms with Gasteiger partial charge in [0.1, 0.15) is 5.82 Å². The molecule has 1 fully saturated rings. The summed E-state index contributed by atoms with van der Waals surface area (Å²) in [5, 5.41) is 9.45. The molecular weight excluding hydrogens is 356 g/mol. The first kappa shape index (κ1) is 17.9. The Morgan fingerprint density at radius 1 is 1.00 bits per heavy atom. The van der Waals surface area contributed by atoms with Gasteiger partial charge >= 0.3 is 6.09 Å². The van der Waals surface area contributed by atoms with E-state index in [9.17, 15) is 9.90 Å². The zero-order chi connectivity index (χ0) is 19.0. The molecule has 0 bridgehead atoms. The maximum Gasteiger partial charge on any atom is 0.411 e. The van der Waals surface area contributed by atoms with E-state index in [4.69, 9.17) is 4.98 Å². The molecule has 4 rings (SSSR count). The molecule has 1 amide bonds. The lowest BCUT2D eigenvalue weighted by molar-refractivity contribution is 0.201. The average molecular weight is 383 g/mol. The van der Waals surface area contributed by atoms with E-state index in [0.717, 1.165) is 24.6 Å². The molecule has 0 saturated carbocycles. The third-order valence-corrected chi connectivity index (χ3v) is 8.89. The molecule has 27 heavy (non-hydrogen) atoms. The second-order valence-electron chi connectivity index (χ2n) is 8.10. The van der Waals surface area contributed by atoms with Crippen LogP contribution >= 0.6 is 0 Å². The van der Waals surface area contributed by atoms with E-state index < -0.39 is 14.2 Å². The number of nitrogens with zero attached hydrogens (tertiary/aromatic N) is 4. The van der Waals surface area contributed by atoms with Crippen LogP contribution in [0.1, 0.15) is 0 Å². The number of aromatic nitrogens is 1. The second kappa shape index (κ2) is 6.88. The number of hydrogen-bond acceptors (Lipinski definition) is 4. The lowest BCUT2D eigenvalue weighted by Crippen LogP contribution is -2.43. The lowest BCUT2D eigenvalue weighted by Gasteiger charge is -2.37. The molecule has 3 heterocycles. The number of para-hydroxylation sites is 2. The molecule has 0 unspecified atom stereocenters. The molecule has 2 aromatic rings. The van der Waals surface area contributed by atoms with Crippen molar-refractivity contribution < 1.29 is 9.90 Å². The Hall–Kier alpha value is -2.54. The zero-order valence-electron chi connectivity index (χ0n) is 15.9. The van der Waals surface area contributed by atoms with Crippen LogP contribution in [0, 0.1) is 0 Å². The van der Waals surface area contributed by atoms with Crippen LogP contribution in [0.5, 0.6) is 0 Å². The highest BCUT2D eigenvalue weighted by atomic mass is 28.3. The van der Waals surface area contributed by atoms with Gasteiger partial charge in [0.05, 0.1) is 31.3 Å². The summed E-state index contributed by atoms with van der Waals surface area (Å²) in [4.78, 5) is 22.2. The Morgan fingerprint density at radius 2 is 1.70 bits per heavy atom. The number of amides is 1. The Morgan fingerprint density at radius 3 is 2.33 bits per heavy atom. The molecule has 7 heteroatoms. The third-order valence-electron chi connectivity index (χ3n) is 5.73. The number of anilines is 4. The normalized spacial score (nSPS) is 19.0. The van der Waals surface area contributed by atoms with Crippen LogP contribution < -0.4 is 14.7 Å². The van der Waals surface area contributed by atoms with E-state index in [-0.39, 0.29) is 0 Å². The molecule has 0 spiro atoms. The summed E-state index contributed by atoms with van der Waals surface area (Å²) in [6, 6.07) is 14.5. The molecule has 1 N–H and O–H groups in total. The highest BCUT2D eigenvalue weighted by Crippen LogP contribution is 2.37. The topological polar surface area (TPSA) is 59.9 Å². The van der Waals surface area contributed by atoms with Gasteiger partial charge in [-0.25, -0.2) is 9.78 Å². The van der Waals surface area contributed by atoms with Crippen molar-refractivity contribution in [2.24, 2.45) is 0 Å². The number of carbonyl (C=O) groups is 1. The minimum Gasteiger partial charge on any atom is -0.465 e. The van der Waals surface area contributed by atoms with E-state index in [0.29, 0.717) is 18.8 Å². The monoisotopic (exact) mass is 382 g/mol. The number of carboxylic acid groups (broad SMARTS) is 1. The first-order valence-electron chi connectivity index (χ1n) is 9.53. The van der Waals surface area contributed by atoms with E-state index in [2.05, 4.69) is 35.0 Å². The summed E-state index contributed by atoms with van der Waals surface area (Å²) in [6.45, 7) is 8.22. The minimum absolute atomic E-state index is 0.432. The maximum atomic E-state index is 11.5. The number of hydrogen-bond donors (Lipinski definition) is 1.